The lowest BCUT2D eigenvalue weighted by Gasteiger charge is -2.39. The third kappa shape index (κ3) is 3.29. The molecule has 0 aliphatic carbocycles. The van der Waals surface area contributed by atoms with Crippen LogP contribution in [0, 0.1) is 11.2 Å². The van der Waals surface area contributed by atoms with Crippen LogP contribution < -0.4 is 4.74 Å². The number of carbonyl (C=O) groups is 2. The predicted octanol–water partition coefficient (Wildman–Crippen LogP) is 1.79. The number of piperidine rings is 1. The quantitative estimate of drug-likeness (QED) is 0.893. The topological polar surface area (TPSA) is 76.1 Å². The molecule has 1 amide bonds. The van der Waals surface area contributed by atoms with Crippen molar-refractivity contribution in [1.82, 2.24) is 4.90 Å². The third-order valence-electron chi connectivity index (χ3n) is 4.15. The predicted molar refractivity (Wildman–Crippen MR) is 80.0 cm³/mol. The number of carboxylic acids is 1. The molecule has 1 aromatic rings. The van der Waals surface area contributed by atoms with Gasteiger partial charge < -0.3 is 19.5 Å². The van der Waals surface area contributed by atoms with E-state index in [0.29, 0.717) is 19.4 Å². The Labute approximate surface area is 133 Å². The van der Waals surface area contributed by atoms with Crippen LogP contribution in [-0.2, 0) is 9.53 Å². The Balaban J connectivity index is 2.31. The molecule has 1 aliphatic rings. The van der Waals surface area contributed by atoms with E-state index in [1.54, 1.807) is 0 Å². The van der Waals surface area contributed by atoms with Gasteiger partial charge in [-0.2, -0.15) is 0 Å². The van der Waals surface area contributed by atoms with Gasteiger partial charge in [0.15, 0.2) is 0 Å². The zero-order valence-electron chi connectivity index (χ0n) is 13.2. The molecule has 1 saturated heterocycles. The van der Waals surface area contributed by atoms with E-state index in [1.807, 2.05) is 0 Å². The second kappa shape index (κ2) is 6.95. The van der Waals surface area contributed by atoms with Crippen molar-refractivity contribution in [3.8, 4) is 5.75 Å². The van der Waals surface area contributed by atoms with Gasteiger partial charge in [0.05, 0.1) is 13.7 Å². The summed E-state index contributed by atoms with van der Waals surface area (Å²) in [6.45, 7) is 0.349. The fourth-order valence-corrected chi connectivity index (χ4v) is 2.98. The molecule has 1 aliphatic heterocycles. The lowest BCUT2D eigenvalue weighted by Crippen LogP contribution is -2.52. The maximum Gasteiger partial charge on any atom is 0.313 e. The van der Waals surface area contributed by atoms with E-state index >= 15 is 0 Å². The molecule has 1 atom stereocenters. The van der Waals surface area contributed by atoms with Gasteiger partial charge in [0.1, 0.15) is 22.5 Å². The van der Waals surface area contributed by atoms with Crippen LogP contribution in [0.1, 0.15) is 23.2 Å². The van der Waals surface area contributed by atoms with Crippen molar-refractivity contribution in [2.75, 3.05) is 33.9 Å². The summed E-state index contributed by atoms with van der Waals surface area (Å²) in [5, 5.41) is 9.53. The van der Waals surface area contributed by atoms with Gasteiger partial charge >= 0.3 is 5.97 Å². The molecule has 1 aromatic carbocycles. The van der Waals surface area contributed by atoms with Crippen LogP contribution in [-0.4, -0.2) is 55.8 Å². The van der Waals surface area contributed by atoms with Crippen molar-refractivity contribution in [3.63, 3.8) is 0 Å². The third-order valence-corrected chi connectivity index (χ3v) is 4.15. The zero-order valence-corrected chi connectivity index (χ0v) is 13.2. The number of halogens is 1. The van der Waals surface area contributed by atoms with Gasteiger partial charge in [-0.3, -0.25) is 9.59 Å². The number of rotatable bonds is 5. The number of hydrogen-bond donors (Lipinski definition) is 1. The average molecular weight is 325 g/mol. The minimum atomic E-state index is -1.17. The van der Waals surface area contributed by atoms with E-state index in [0.717, 1.165) is 0 Å². The first-order valence-corrected chi connectivity index (χ1v) is 7.29. The highest BCUT2D eigenvalue weighted by molar-refractivity contribution is 5.97. The standard InChI is InChI=1S/C16H20FNO5/c1-22-10-16(15(20)21)7-4-8-18(9-16)14(19)13-11(17)5-3-6-12(13)23-2/h3,5-6H,4,7-10H2,1-2H3,(H,20,21). The SMILES string of the molecule is COCC1(C(=O)O)CCCN(C(=O)c2c(F)cccc2OC)C1. The first-order valence-electron chi connectivity index (χ1n) is 7.29. The van der Waals surface area contributed by atoms with E-state index in [2.05, 4.69) is 0 Å². The smallest absolute Gasteiger partial charge is 0.313 e. The van der Waals surface area contributed by atoms with Crippen LogP contribution in [0.15, 0.2) is 18.2 Å². The van der Waals surface area contributed by atoms with Crippen molar-refractivity contribution in [3.05, 3.63) is 29.6 Å². The van der Waals surface area contributed by atoms with Crippen LogP contribution in [0.4, 0.5) is 4.39 Å². The van der Waals surface area contributed by atoms with E-state index in [9.17, 15) is 19.1 Å². The fourth-order valence-electron chi connectivity index (χ4n) is 2.98. The second-order valence-corrected chi connectivity index (χ2v) is 5.67. The summed E-state index contributed by atoms with van der Waals surface area (Å²) in [5.41, 5.74) is -1.34. The minimum Gasteiger partial charge on any atom is -0.496 e. The Hall–Kier alpha value is -2.15. The number of benzene rings is 1. The first-order chi connectivity index (χ1) is 10.9. The molecule has 1 heterocycles. The van der Waals surface area contributed by atoms with Crippen molar-refractivity contribution in [2.45, 2.75) is 12.8 Å². The number of amides is 1. The van der Waals surface area contributed by atoms with Crippen molar-refractivity contribution >= 4 is 11.9 Å². The summed E-state index contributed by atoms with van der Waals surface area (Å²) in [6, 6.07) is 4.13. The molecule has 7 heteroatoms. The van der Waals surface area contributed by atoms with Gasteiger partial charge in [-0.25, -0.2) is 4.39 Å². The molecule has 1 unspecified atom stereocenters. The van der Waals surface area contributed by atoms with E-state index < -0.39 is 23.1 Å². The Morgan fingerprint density at radius 3 is 2.74 bits per heavy atom. The molecule has 6 nitrogen and oxygen atoms in total. The maximum atomic E-state index is 14.1. The Bertz CT molecular complexity index is 602. The normalized spacial score (nSPS) is 21.1. The molecule has 126 valence electrons. The van der Waals surface area contributed by atoms with E-state index in [1.165, 1.54) is 37.3 Å². The zero-order chi connectivity index (χ0) is 17.0. The number of hydrogen-bond acceptors (Lipinski definition) is 4. The van der Waals surface area contributed by atoms with Gasteiger partial charge in [-0.1, -0.05) is 6.07 Å². The summed E-state index contributed by atoms with van der Waals surface area (Å²) in [6.07, 6.45) is 0.923. The number of nitrogens with zero attached hydrogens (tertiary/aromatic N) is 1. The van der Waals surface area contributed by atoms with Gasteiger partial charge in [0.25, 0.3) is 5.91 Å². The highest BCUT2D eigenvalue weighted by atomic mass is 19.1. The fraction of sp³-hybridized carbons (Fsp3) is 0.500. The van der Waals surface area contributed by atoms with Crippen molar-refractivity contribution < 1.29 is 28.6 Å². The molecule has 0 radical (unpaired) electrons. The summed E-state index contributed by atoms with van der Waals surface area (Å²) < 4.78 is 24.2. The van der Waals surface area contributed by atoms with E-state index in [4.69, 9.17) is 9.47 Å². The molecule has 2 rings (SSSR count). The number of ether oxygens (including phenoxy) is 2. The first kappa shape index (κ1) is 17.2. The molecule has 23 heavy (non-hydrogen) atoms. The van der Waals surface area contributed by atoms with E-state index in [-0.39, 0.29) is 24.5 Å². The summed E-state index contributed by atoms with van der Waals surface area (Å²) >= 11 is 0. The van der Waals surface area contributed by atoms with Crippen LogP contribution in [0.2, 0.25) is 0 Å². The van der Waals surface area contributed by atoms with Gasteiger partial charge in [0, 0.05) is 20.2 Å². The van der Waals surface area contributed by atoms with Crippen LogP contribution >= 0.6 is 0 Å². The molecule has 1 fully saturated rings. The lowest BCUT2D eigenvalue weighted by atomic mass is 9.80. The highest BCUT2D eigenvalue weighted by Crippen LogP contribution is 2.33. The number of aliphatic carboxylic acids is 1. The van der Waals surface area contributed by atoms with Crippen LogP contribution in [0.5, 0.6) is 5.75 Å². The number of likely N-dealkylation sites (tertiary alicyclic amines) is 1. The largest absolute Gasteiger partial charge is 0.496 e. The molecule has 0 saturated carbocycles. The van der Waals surface area contributed by atoms with Crippen LogP contribution in [0.25, 0.3) is 0 Å². The Morgan fingerprint density at radius 2 is 2.13 bits per heavy atom. The number of carboxylic acid groups (broad SMARTS) is 1. The molecule has 1 N–H and O–H groups in total. The van der Waals surface area contributed by atoms with Crippen molar-refractivity contribution in [2.24, 2.45) is 5.41 Å². The monoisotopic (exact) mass is 325 g/mol. The number of carbonyl (C=O) groups excluding carboxylic acids is 1. The molecule has 0 aromatic heterocycles. The molecule has 0 bridgehead atoms. The summed E-state index contributed by atoms with van der Waals surface area (Å²) in [7, 11) is 2.78. The number of methoxy groups -OCH3 is 2. The van der Waals surface area contributed by atoms with Crippen LogP contribution in [0.3, 0.4) is 0 Å². The molecule has 0 spiro atoms. The Kier molecular flexibility index (Phi) is 5.20. The van der Waals surface area contributed by atoms with Gasteiger partial charge in [0.2, 0.25) is 0 Å². The molecular weight excluding hydrogens is 305 g/mol. The maximum absolute atomic E-state index is 14.1. The molecular formula is C16H20FNO5. The highest BCUT2D eigenvalue weighted by Gasteiger charge is 2.44. The lowest BCUT2D eigenvalue weighted by molar-refractivity contribution is -0.155. The summed E-state index contributed by atoms with van der Waals surface area (Å²) in [5.74, 6) is -2.14. The van der Waals surface area contributed by atoms with Crippen molar-refractivity contribution in [1.29, 1.82) is 0 Å². The summed E-state index contributed by atoms with van der Waals surface area (Å²) in [4.78, 5) is 25.7. The minimum absolute atomic E-state index is 0.000516. The average Bonchev–Trinajstić information content (AvgIpc) is 2.54. The Morgan fingerprint density at radius 1 is 1.39 bits per heavy atom. The second-order valence-electron chi connectivity index (χ2n) is 5.67. The van der Waals surface area contributed by atoms with Gasteiger partial charge in [-0.15, -0.1) is 0 Å². The van der Waals surface area contributed by atoms with Gasteiger partial charge in [-0.05, 0) is 25.0 Å².